The average Bonchev–Trinajstić information content (AvgIpc) is 3.16. The number of aromatic nitrogens is 2. The molecule has 5 heteroatoms. The Morgan fingerprint density at radius 3 is 2.48 bits per heavy atom. The second kappa shape index (κ2) is 7.26. The van der Waals surface area contributed by atoms with E-state index in [1.165, 1.54) is 0 Å². The first-order valence-electron chi connectivity index (χ1n) is 9.43. The van der Waals surface area contributed by atoms with Crippen molar-refractivity contribution in [3.8, 4) is 28.3 Å². The molecule has 3 aromatic carbocycles. The van der Waals surface area contributed by atoms with E-state index in [4.69, 9.17) is 9.47 Å². The number of imidazole rings is 1. The Morgan fingerprint density at radius 1 is 0.931 bits per heavy atom. The van der Waals surface area contributed by atoms with Gasteiger partial charge in [0.1, 0.15) is 17.8 Å². The summed E-state index contributed by atoms with van der Waals surface area (Å²) in [4.78, 5) is 4.54. The summed E-state index contributed by atoms with van der Waals surface area (Å²) in [6.07, 6.45) is 1.81. The quantitative estimate of drug-likeness (QED) is 0.526. The summed E-state index contributed by atoms with van der Waals surface area (Å²) < 4.78 is 12.9. The van der Waals surface area contributed by atoms with Crippen LogP contribution in [0.5, 0.6) is 11.5 Å². The SMILES string of the molecule is COc1ccc(-c2cccc(-n3cnc4cc(C(C)(C)O)ccc43)c2)c(OC)c1. The average molecular weight is 388 g/mol. The van der Waals surface area contributed by atoms with Crippen LogP contribution in [-0.4, -0.2) is 28.9 Å². The fourth-order valence-corrected chi connectivity index (χ4v) is 3.46. The molecule has 0 radical (unpaired) electrons. The van der Waals surface area contributed by atoms with Crippen molar-refractivity contribution < 1.29 is 14.6 Å². The van der Waals surface area contributed by atoms with Crippen molar-refractivity contribution in [2.24, 2.45) is 0 Å². The lowest BCUT2D eigenvalue weighted by Crippen LogP contribution is -2.15. The molecular formula is C24H24N2O3. The van der Waals surface area contributed by atoms with E-state index in [1.54, 1.807) is 28.1 Å². The Kier molecular flexibility index (Phi) is 4.76. The molecule has 5 nitrogen and oxygen atoms in total. The van der Waals surface area contributed by atoms with Gasteiger partial charge >= 0.3 is 0 Å². The Labute approximate surface area is 170 Å². The van der Waals surface area contributed by atoms with Crippen LogP contribution < -0.4 is 9.47 Å². The number of ether oxygens (including phenoxy) is 2. The second-order valence-corrected chi connectivity index (χ2v) is 7.49. The van der Waals surface area contributed by atoms with Crippen LogP contribution in [0.3, 0.4) is 0 Å². The first-order chi connectivity index (χ1) is 13.9. The first kappa shape index (κ1) is 19.0. The molecule has 1 N–H and O–H groups in total. The van der Waals surface area contributed by atoms with E-state index in [0.717, 1.165) is 44.9 Å². The van der Waals surface area contributed by atoms with Gasteiger partial charge < -0.3 is 14.6 Å². The van der Waals surface area contributed by atoms with Crippen molar-refractivity contribution in [1.82, 2.24) is 9.55 Å². The number of aliphatic hydroxyl groups is 1. The number of methoxy groups -OCH3 is 2. The molecule has 0 unspecified atom stereocenters. The van der Waals surface area contributed by atoms with Gasteiger partial charge in [0.2, 0.25) is 0 Å². The molecule has 0 saturated heterocycles. The molecule has 0 aliphatic heterocycles. The number of nitrogens with zero attached hydrogens (tertiary/aromatic N) is 2. The van der Waals surface area contributed by atoms with Gasteiger partial charge in [-0.1, -0.05) is 18.2 Å². The number of rotatable bonds is 5. The Balaban J connectivity index is 1.79. The number of fused-ring (bicyclic) bond motifs is 1. The van der Waals surface area contributed by atoms with Gasteiger partial charge in [-0.25, -0.2) is 4.98 Å². The molecule has 0 fully saturated rings. The smallest absolute Gasteiger partial charge is 0.130 e. The maximum atomic E-state index is 10.3. The fraction of sp³-hybridized carbons (Fsp3) is 0.208. The zero-order valence-electron chi connectivity index (χ0n) is 17.0. The zero-order valence-corrected chi connectivity index (χ0v) is 17.0. The van der Waals surface area contributed by atoms with Crippen molar-refractivity contribution in [1.29, 1.82) is 0 Å². The van der Waals surface area contributed by atoms with E-state index >= 15 is 0 Å². The normalized spacial score (nSPS) is 11.6. The van der Waals surface area contributed by atoms with E-state index in [0.29, 0.717) is 0 Å². The van der Waals surface area contributed by atoms with Gasteiger partial charge in [-0.15, -0.1) is 0 Å². The van der Waals surface area contributed by atoms with Crippen LogP contribution in [-0.2, 0) is 5.60 Å². The number of hydrogen-bond donors (Lipinski definition) is 1. The molecule has 4 aromatic rings. The Bertz CT molecular complexity index is 1170. The molecule has 0 spiro atoms. The van der Waals surface area contributed by atoms with Crippen LogP contribution in [0, 0.1) is 0 Å². The highest BCUT2D eigenvalue weighted by Crippen LogP contribution is 2.34. The first-order valence-corrected chi connectivity index (χ1v) is 9.43. The standard InChI is InChI=1S/C24H24N2O3/c1-24(2,27)17-8-11-22-21(13-17)25-15-26(22)18-7-5-6-16(12-18)20-10-9-19(28-3)14-23(20)29-4/h5-15,27H,1-4H3. The molecule has 1 heterocycles. The Morgan fingerprint density at radius 2 is 1.76 bits per heavy atom. The predicted molar refractivity (Wildman–Crippen MR) is 115 cm³/mol. The summed E-state index contributed by atoms with van der Waals surface area (Å²) in [6.45, 7) is 3.55. The monoisotopic (exact) mass is 388 g/mol. The Hall–Kier alpha value is -3.31. The maximum Gasteiger partial charge on any atom is 0.130 e. The molecule has 0 saturated carbocycles. The molecule has 0 aliphatic rings. The lowest BCUT2D eigenvalue weighted by molar-refractivity contribution is 0.0787. The summed E-state index contributed by atoms with van der Waals surface area (Å²) in [5.41, 5.74) is 4.80. The van der Waals surface area contributed by atoms with Crippen LogP contribution in [0.4, 0.5) is 0 Å². The summed E-state index contributed by atoms with van der Waals surface area (Å²) in [5.74, 6) is 1.51. The predicted octanol–water partition coefficient (Wildman–Crippen LogP) is 4.94. The van der Waals surface area contributed by atoms with Crippen LogP contribution in [0.25, 0.3) is 27.8 Å². The van der Waals surface area contributed by atoms with Gasteiger partial charge in [0.25, 0.3) is 0 Å². The minimum absolute atomic E-state index is 0.755. The minimum atomic E-state index is -0.900. The van der Waals surface area contributed by atoms with Crippen molar-refractivity contribution in [3.63, 3.8) is 0 Å². The van der Waals surface area contributed by atoms with Gasteiger partial charge in [0.05, 0.1) is 30.9 Å². The molecule has 4 rings (SSSR count). The molecule has 0 amide bonds. The number of benzene rings is 3. The molecule has 0 aliphatic carbocycles. The van der Waals surface area contributed by atoms with Crippen molar-refractivity contribution in [2.75, 3.05) is 14.2 Å². The van der Waals surface area contributed by atoms with Crippen LogP contribution in [0.2, 0.25) is 0 Å². The lowest BCUT2D eigenvalue weighted by atomic mass is 9.98. The van der Waals surface area contributed by atoms with Crippen LogP contribution in [0.1, 0.15) is 19.4 Å². The summed E-state index contributed by atoms with van der Waals surface area (Å²) in [6, 6.07) is 19.9. The highest BCUT2D eigenvalue weighted by molar-refractivity contribution is 5.80. The molecule has 1 aromatic heterocycles. The van der Waals surface area contributed by atoms with Crippen molar-refractivity contribution in [3.05, 3.63) is 72.6 Å². The molecule has 29 heavy (non-hydrogen) atoms. The van der Waals surface area contributed by atoms with Gasteiger partial charge in [0.15, 0.2) is 0 Å². The van der Waals surface area contributed by atoms with Crippen molar-refractivity contribution >= 4 is 11.0 Å². The molecular weight excluding hydrogens is 364 g/mol. The summed E-state index contributed by atoms with van der Waals surface area (Å²) in [5, 5.41) is 10.3. The van der Waals surface area contributed by atoms with Gasteiger partial charge in [0, 0.05) is 17.3 Å². The summed E-state index contributed by atoms with van der Waals surface area (Å²) >= 11 is 0. The largest absolute Gasteiger partial charge is 0.497 e. The van der Waals surface area contributed by atoms with E-state index in [9.17, 15) is 5.11 Å². The van der Waals surface area contributed by atoms with E-state index in [-0.39, 0.29) is 0 Å². The third-order valence-corrected chi connectivity index (χ3v) is 5.10. The minimum Gasteiger partial charge on any atom is -0.497 e. The topological polar surface area (TPSA) is 56.5 Å². The van der Waals surface area contributed by atoms with Crippen molar-refractivity contribution in [2.45, 2.75) is 19.4 Å². The number of hydrogen-bond acceptors (Lipinski definition) is 4. The highest BCUT2D eigenvalue weighted by atomic mass is 16.5. The van der Waals surface area contributed by atoms with Gasteiger partial charge in [-0.3, -0.25) is 4.57 Å². The molecule has 0 atom stereocenters. The van der Waals surface area contributed by atoms with Crippen LogP contribution in [0.15, 0.2) is 67.0 Å². The maximum absolute atomic E-state index is 10.3. The second-order valence-electron chi connectivity index (χ2n) is 7.49. The summed E-state index contributed by atoms with van der Waals surface area (Å²) in [7, 11) is 3.30. The van der Waals surface area contributed by atoms with E-state index < -0.39 is 5.60 Å². The lowest BCUT2D eigenvalue weighted by Gasteiger charge is -2.17. The zero-order chi connectivity index (χ0) is 20.6. The molecule has 0 bridgehead atoms. The van der Waals surface area contributed by atoms with Gasteiger partial charge in [-0.2, -0.15) is 0 Å². The van der Waals surface area contributed by atoms with Gasteiger partial charge in [-0.05, 0) is 61.4 Å². The van der Waals surface area contributed by atoms with E-state index in [2.05, 4.69) is 17.1 Å². The fourth-order valence-electron chi connectivity index (χ4n) is 3.46. The van der Waals surface area contributed by atoms with Crippen LogP contribution >= 0.6 is 0 Å². The highest BCUT2D eigenvalue weighted by Gasteiger charge is 2.17. The molecule has 148 valence electrons. The third kappa shape index (κ3) is 3.57. The third-order valence-electron chi connectivity index (χ3n) is 5.10. The van der Waals surface area contributed by atoms with E-state index in [1.807, 2.05) is 59.4 Å².